The molecule has 0 aliphatic heterocycles. The van der Waals surface area contributed by atoms with Crippen LogP contribution in [0, 0.1) is 11.7 Å². The predicted molar refractivity (Wildman–Crippen MR) is 69.5 cm³/mol. The third-order valence-electron chi connectivity index (χ3n) is 3.16. The first kappa shape index (κ1) is 14.1. The van der Waals surface area contributed by atoms with Crippen LogP contribution < -0.4 is 5.32 Å². The maximum absolute atomic E-state index is 12.9. The number of likely N-dealkylation sites (N-methyl/N-ethyl adjacent to an activating group) is 1. The SMILES string of the molecule is CCNC(C(C)C)C(CC)c1ccc(F)cn1. The summed E-state index contributed by atoms with van der Waals surface area (Å²) in [6.07, 6.45) is 2.32. The lowest BCUT2D eigenvalue weighted by Crippen LogP contribution is -2.39. The van der Waals surface area contributed by atoms with Crippen molar-refractivity contribution in [1.82, 2.24) is 10.3 Å². The van der Waals surface area contributed by atoms with Gasteiger partial charge in [0.25, 0.3) is 0 Å². The van der Waals surface area contributed by atoms with E-state index in [-0.39, 0.29) is 5.82 Å². The Labute approximate surface area is 104 Å². The van der Waals surface area contributed by atoms with Crippen molar-refractivity contribution in [3.8, 4) is 0 Å². The summed E-state index contributed by atoms with van der Waals surface area (Å²) >= 11 is 0. The summed E-state index contributed by atoms with van der Waals surface area (Å²) in [5.74, 6) is 0.607. The number of rotatable bonds is 6. The highest BCUT2D eigenvalue weighted by Gasteiger charge is 2.24. The van der Waals surface area contributed by atoms with Crippen LogP contribution in [-0.2, 0) is 0 Å². The second kappa shape index (κ2) is 6.70. The van der Waals surface area contributed by atoms with Crippen LogP contribution in [-0.4, -0.2) is 17.6 Å². The number of aromatic nitrogens is 1. The van der Waals surface area contributed by atoms with Crippen molar-refractivity contribution in [3.63, 3.8) is 0 Å². The van der Waals surface area contributed by atoms with Crippen LogP contribution in [0.15, 0.2) is 18.3 Å². The Morgan fingerprint density at radius 1 is 1.29 bits per heavy atom. The number of pyridine rings is 1. The summed E-state index contributed by atoms with van der Waals surface area (Å²) < 4.78 is 12.9. The molecule has 0 radical (unpaired) electrons. The lowest BCUT2D eigenvalue weighted by atomic mass is 9.85. The molecule has 0 saturated carbocycles. The van der Waals surface area contributed by atoms with Gasteiger partial charge in [-0.25, -0.2) is 4.39 Å². The topological polar surface area (TPSA) is 24.9 Å². The molecule has 1 rings (SSSR count). The van der Waals surface area contributed by atoms with Gasteiger partial charge in [0.05, 0.1) is 6.20 Å². The molecule has 1 aromatic rings. The van der Waals surface area contributed by atoms with Gasteiger partial charge in [0.15, 0.2) is 0 Å². The van der Waals surface area contributed by atoms with E-state index in [0.717, 1.165) is 18.7 Å². The fourth-order valence-electron chi connectivity index (χ4n) is 2.33. The zero-order chi connectivity index (χ0) is 12.8. The highest BCUT2D eigenvalue weighted by molar-refractivity contribution is 5.13. The Balaban J connectivity index is 2.91. The summed E-state index contributed by atoms with van der Waals surface area (Å²) in [4.78, 5) is 4.22. The van der Waals surface area contributed by atoms with Gasteiger partial charge in [-0.05, 0) is 31.0 Å². The van der Waals surface area contributed by atoms with Crippen molar-refractivity contribution >= 4 is 0 Å². The Bertz CT molecular complexity index is 321. The first-order valence-corrected chi connectivity index (χ1v) is 6.44. The standard InChI is InChI=1S/C14H23FN2/c1-5-12(14(10(3)4)16-6-2)13-8-7-11(15)9-17-13/h7-10,12,14,16H,5-6H2,1-4H3. The normalized spacial score (nSPS) is 14.9. The van der Waals surface area contributed by atoms with Gasteiger partial charge in [-0.2, -0.15) is 0 Å². The van der Waals surface area contributed by atoms with Crippen molar-refractivity contribution in [3.05, 3.63) is 29.8 Å². The minimum Gasteiger partial charge on any atom is -0.313 e. The largest absolute Gasteiger partial charge is 0.313 e. The van der Waals surface area contributed by atoms with Gasteiger partial charge < -0.3 is 5.32 Å². The van der Waals surface area contributed by atoms with Crippen LogP contribution >= 0.6 is 0 Å². The molecule has 1 heterocycles. The maximum Gasteiger partial charge on any atom is 0.141 e. The van der Waals surface area contributed by atoms with E-state index in [0.29, 0.717) is 17.9 Å². The van der Waals surface area contributed by atoms with Crippen molar-refractivity contribution < 1.29 is 4.39 Å². The molecule has 2 atom stereocenters. The molecule has 0 saturated heterocycles. The zero-order valence-corrected chi connectivity index (χ0v) is 11.2. The smallest absolute Gasteiger partial charge is 0.141 e. The van der Waals surface area contributed by atoms with E-state index in [4.69, 9.17) is 0 Å². The van der Waals surface area contributed by atoms with E-state index >= 15 is 0 Å². The Hall–Kier alpha value is -0.960. The monoisotopic (exact) mass is 238 g/mol. The molecular formula is C14H23FN2. The molecule has 0 spiro atoms. The molecule has 2 unspecified atom stereocenters. The fourth-order valence-corrected chi connectivity index (χ4v) is 2.33. The minimum absolute atomic E-state index is 0.270. The van der Waals surface area contributed by atoms with Gasteiger partial charge in [-0.1, -0.05) is 27.7 Å². The number of nitrogens with zero attached hydrogens (tertiary/aromatic N) is 1. The van der Waals surface area contributed by atoms with Crippen LogP contribution in [0.2, 0.25) is 0 Å². The number of hydrogen-bond donors (Lipinski definition) is 1. The van der Waals surface area contributed by atoms with Gasteiger partial charge >= 0.3 is 0 Å². The molecule has 0 bridgehead atoms. The Morgan fingerprint density at radius 2 is 2.00 bits per heavy atom. The van der Waals surface area contributed by atoms with E-state index < -0.39 is 0 Å². The quantitative estimate of drug-likeness (QED) is 0.822. The first-order chi connectivity index (χ1) is 8.10. The van der Waals surface area contributed by atoms with Crippen molar-refractivity contribution in [2.75, 3.05) is 6.54 Å². The molecule has 3 heteroatoms. The fraction of sp³-hybridized carbons (Fsp3) is 0.643. The third-order valence-corrected chi connectivity index (χ3v) is 3.16. The van der Waals surface area contributed by atoms with Crippen LogP contribution in [0.5, 0.6) is 0 Å². The van der Waals surface area contributed by atoms with Gasteiger partial charge in [0.2, 0.25) is 0 Å². The van der Waals surface area contributed by atoms with Crippen LogP contribution in [0.4, 0.5) is 4.39 Å². The van der Waals surface area contributed by atoms with Gasteiger partial charge in [-0.15, -0.1) is 0 Å². The van der Waals surface area contributed by atoms with Crippen molar-refractivity contribution in [2.24, 2.45) is 5.92 Å². The molecule has 0 fully saturated rings. The molecule has 0 aliphatic carbocycles. The molecule has 96 valence electrons. The van der Waals surface area contributed by atoms with Crippen molar-refractivity contribution in [1.29, 1.82) is 0 Å². The highest BCUT2D eigenvalue weighted by atomic mass is 19.1. The second-order valence-electron chi connectivity index (χ2n) is 4.74. The summed E-state index contributed by atoms with van der Waals surface area (Å²) in [7, 11) is 0. The molecule has 1 aromatic heterocycles. The van der Waals surface area contributed by atoms with Crippen LogP contribution in [0.1, 0.15) is 45.7 Å². The molecule has 17 heavy (non-hydrogen) atoms. The summed E-state index contributed by atoms with van der Waals surface area (Å²) in [6.45, 7) is 9.63. The maximum atomic E-state index is 12.9. The molecule has 0 aromatic carbocycles. The highest BCUT2D eigenvalue weighted by Crippen LogP contribution is 2.26. The Kier molecular flexibility index (Phi) is 5.56. The van der Waals surface area contributed by atoms with Gasteiger partial charge in [-0.3, -0.25) is 4.98 Å². The second-order valence-corrected chi connectivity index (χ2v) is 4.74. The van der Waals surface area contributed by atoms with E-state index in [1.165, 1.54) is 12.3 Å². The lowest BCUT2D eigenvalue weighted by molar-refractivity contribution is 0.336. The predicted octanol–water partition coefficient (Wildman–Crippen LogP) is 3.35. The third kappa shape index (κ3) is 3.77. The van der Waals surface area contributed by atoms with E-state index in [2.05, 4.69) is 38.0 Å². The average molecular weight is 238 g/mol. The summed E-state index contributed by atoms with van der Waals surface area (Å²) in [6, 6.07) is 3.69. The summed E-state index contributed by atoms with van der Waals surface area (Å²) in [5.41, 5.74) is 0.980. The number of nitrogens with one attached hydrogen (secondary N) is 1. The molecule has 0 amide bonds. The molecule has 1 N–H and O–H groups in total. The van der Waals surface area contributed by atoms with Crippen molar-refractivity contribution in [2.45, 2.75) is 46.1 Å². The molecule has 2 nitrogen and oxygen atoms in total. The van der Waals surface area contributed by atoms with E-state index in [1.54, 1.807) is 6.07 Å². The zero-order valence-electron chi connectivity index (χ0n) is 11.2. The lowest BCUT2D eigenvalue weighted by Gasteiger charge is -2.30. The molecule has 0 aliphatic rings. The van der Waals surface area contributed by atoms with E-state index in [1.807, 2.05) is 0 Å². The van der Waals surface area contributed by atoms with E-state index in [9.17, 15) is 4.39 Å². The minimum atomic E-state index is -0.270. The number of hydrogen-bond acceptors (Lipinski definition) is 2. The average Bonchev–Trinajstić information content (AvgIpc) is 2.31. The van der Waals surface area contributed by atoms with Gasteiger partial charge in [0, 0.05) is 17.7 Å². The molecular weight excluding hydrogens is 215 g/mol. The summed E-state index contributed by atoms with van der Waals surface area (Å²) in [5, 5.41) is 3.51. The van der Waals surface area contributed by atoms with Crippen LogP contribution in [0.3, 0.4) is 0 Å². The van der Waals surface area contributed by atoms with Gasteiger partial charge in [0.1, 0.15) is 5.82 Å². The Morgan fingerprint density at radius 3 is 2.41 bits per heavy atom. The number of halogens is 1. The van der Waals surface area contributed by atoms with Crippen LogP contribution in [0.25, 0.3) is 0 Å². The first-order valence-electron chi connectivity index (χ1n) is 6.44.